The monoisotopic (exact) mass is 411 g/mol. The maximum atomic E-state index is 12.6. The minimum atomic E-state index is -3.79. The second-order valence-corrected chi connectivity index (χ2v) is 8.85. The molecule has 0 aliphatic heterocycles. The minimum Gasteiger partial charge on any atom is -0.346 e. The summed E-state index contributed by atoms with van der Waals surface area (Å²) in [4.78, 5) is 2.12. The van der Waals surface area contributed by atoms with Crippen LogP contribution in [0.5, 0.6) is 0 Å². The van der Waals surface area contributed by atoms with Crippen molar-refractivity contribution in [2.45, 2.75) is 11.4 Å². The summed E-state index contributed by atoms with van der Waals surface area (Å²) in [6.45, 7) is 1.71. The zero-order valence-electron chi connectivity index (χ0n) is 14.4. The highest BCUT2D eigenvalue weighted by atomic mass is 35.5. The highest BCUT2D eigenvalue weighted by Gasteiger charge is 2.16. The van der Waals surface area contributed by atoms with E-state index in [4.69, 9.17) is 23.2 Å². The Labute approximate surface area is 163 Å². The summed E-state index contributed by atoms with van der Waals surface area (Å²) in [5, 5.41) is 1.59. The first kappa shape index (κ1) is 19.0. The molecule has 0 unspecified atom stereocenters. The minimum absolute atomic E-state index is 0.0260. The van der Waals surface area contributed by atoms with Gasteiger partial charge in [0.2, 0.25) is 0 Å². The molecule has 3 rings (SSSR count). The summed E-state index contributed by atoms with van der Waals surface area (Å²) in [5.74, 6) is 0. The third-order valence-electron chi connectivity index (χ3n) is 3.96. The largest absolute Gasteiger partial charge is 0.346 e. The van der Waals surface area contributed by atoms with E-state index in [9.17, 15) is 8.42 Å². The first-order valence-electron chi connectivity index (χ1n) is 7.97. The Kier molecular flexibility index (Phi) is 5.48. The molecule has 2 aromatic carbocycles. The number of aromatic nitrogens is 1. The molecule has 0 fully saturated rings. The first-order chi connectivity index (χ1) is 12.2. The Balaban J connectivity index is 1.91. The van der Waals surface area contributed by atoms with Crippen LogP contribution in [0.3, 0.4) is 0 Å². The van der Waals surface area contributed by atoms with Crippen LogP contribution in [0.15, 0.2) is 53.6 Å². The van der Waals surface area contributed by atoms with E-state index in [2.05, 4.69) is 14.2 Å². The molecule has 5 nitrogen and oxygen atoms in total. The molecule has 3 aromatic rings. The maximum absolute atomic E-state index is 12.6. The lowest BCUT2D eigenvalue weighted by atomic mass is 10.2. The molecule has 0 bridgehead atoms. The Hall–Kier alpha value is -1.73. The number of halogens is 2. The predicted molar refractivity (Wildman–Crippen MR) is 108 cm³/mol. The smallest absolute Gasteiger partial charge is 0.261 e. The van der Waals surface area contributed by atoms with Gasteiger partial charge in [0.25, 0.3) is 10.0 Å². The van der Waals surface area contributed by atoms with Gasteiger partial charge in [-0.1, -0.05) is 29.3 Å². The molecule has 0 amide bonds. The van der Waals surface area contributed by atoms with E-state index < -0.39 is 10.0 Å². The molecule has 0 radical (unpaired) electrons. The quantitative estimate of drug-likeness (QED) is 0.657. The van der Waals surface area contributed by atoms with Crippen LogP contribution < -0.4 is 4.72 Å². The topological polar surface area (TPSA) is 54.3 Å². The van der Waals surface area contributed by atoms with Gasteiger partial charge in [-0.3, -0.25) is 4.72 Å². The predicted octanol–water partition coefficient (Wildman–Crippen LogP) is 4.31. The van der Waals surface area contributed by atoms with Crippen LogP contribution in [0, 0.1) is 0 Å². The fourth-order valence-corrected chi connectivity index (χ4v) is 4.42. The number of hydrogen-bond acceptors (Lipinski definition) is 3. The number of nitrogens with zero attached hydrogens (tertiary/aromatic N) is 2. The van der Waals surface area contributed by atoms with E-state index >= 15 is 0 Å². The normalized spacial score (nSPS) is 12.0. The Morgan fingerprint density at radius 1 is 1.04 bits per heavy atom. The lowest BCUT2D eigenvalue weighted by Gasteiger charge is -2.12. The zero-order chi connectivity index (χ0) is 18.9. The summed E-state index contributed by atoms with van der Waals surface area (Å²) >= 11 is 11.8. The molecule has 138 valence electrons. The van der Waals surface area contributed by atoms with Gasteiger partial charge in [0.15, 0.2) is 0 Å². The van der Waals surface area contributed by atoms with Crippen LogP contribution in [0.4, 0.5) is 5.69 Å². The molecule has 1 heterocycles. The molecule has 8 heteroatoms. The lowest BCUT2D eigenvalue weighted by molar-refractivity contribution is 0.387. The lowest BCUT2D eigenvalue weighted by Crippen LogP contribution is -2.18. The van der Waals surface area contributed by atoms with Gasteiger partial charge >= 0.3 is 0 Å². The molecule has 1 aromatic heterocycles. The van der Waals surface area contributed by atoms with Crippen LogP contribution in [0.1, 0.15) is 0 Å². The van der Waals surface area contributed by atoms with Crippen LogP contribution in [-0.4, -0.2) is 38.5 Å². The molecule has 0 aliphatic rings. The van der Waals surface area contributed by atoms with E-state index in [1.807, 2.05) is 38.5 Å². The van der Waals surface area contributed by atoms with Crippen molar-refractivity contribution in [1.29, 1.82) is 0 Å². The van der Waals surface area contributed by atoms with E-state index in [1.165, 1.54) is 18.2 Å². The fraction of sp³-hybridized carbons (Fsp3) is 0.222. The number of nitrogens with one attached hydrogen (secondary N) is 1. The molecule has 0 saturated heterocycles. The van der Waals surface area contributed by atoms with Crippen molar-refractivity contribution in [3.8, 4) is 0 Å². The Morgan fingerprint density at radius 3 is 2.38 bits per heavy atom. The van der Waals surface area contributed by atoms with E-state index in [1.54, 1.807) is 6.07 Å². The van der Waals surface area contributed by atoms with E-state index in [0.29, 0.717) is 5.69 Å². The first-order valence-corrected chi connectivity index (χ1v) is 10.2. The Bertz CT molecular complexity index is 1030. The molecular weight excluding hydrogens is 393 g/mol. The molecule has 0 atom stereocenters. The highest BCUT2D eigenvalue weighted by Crippen LogP contribution is 2.26. The zero-order valence-corrected chi connectivity index (χ0v) is 16.7. The third-order valence-corrected chi connectivity index (χ3v) is 5.76. The van der Waals surface area contributed by atoms with Gasteiger partial charge in [-0.2, -0.15) is 0 Å². The highest BCUT2D eigenvalue weighted by molar-refractivity contribution is 7.92. The van der Waals surface area contributed by atoms with Gasteiger partial charge in [-0.15, -0.1) is 0 Å². The van der Waals surface area contributed by atoms with Gasteiger partial charge in [0, 0.05) is 29.3 Å². The second-order valence-electron chi connectivity index (χ2n) is 6.30. The van der Waals surface area contributed by atoms with Crippen molar-refractivity contribution in [2.75, 3.05) is 25.4 Å². The van der Waals surface area contributed by atoms with E-state index in [0.717, 1.165) is 24.0 Å². The van der Waals surface area contributed by atoms with Crippen LogP contribution >= 0.6 is 23.2 Å². The van der Waals surface area contributed by atoms with Gasteiger partial charge in [0.1, 0.15) is 0 Å². The molecule has 0 saturated carbocycles. The van der Waals surface area contributed by atoms with Gasteiger partial charge in [-0.25, -0.2) is 8.42 Å². The summed E-state index contributed by atoms with van der Waals surface area (Å²) in [6, 6.07) is 11.7. The van der Waals surface area contributed by atoms with Crippen molar-refractivity contribution in [3.05, 3.63) is 58.7 Å². The molecule has 26 heavy (non-hydrogen) atoms. The number of fused-ring (bicyclic) bond motifs is 1. The number of sulfonamides is 1. The summed E-state index contributed by atoms with van der Waals surface area (Å²) < 4.78 is 30.0. The summed E-state index contributed by atoms with van der Waals surface area (Å²) in [5.41, 5.74) is 1.45. The van der Waals surface area contributed by atoms with Crippen molar-refractivity contribution in [1.82, 2.24) is 9.47 Å². The molecular formula is C18H19Cl2N3O2S. The van der Waals surface area contributed by atoms with Gasteiger partial charge in [-0.05, 0) is 55.9 Å². The van der Waals surface area contributed by atoms with Crippen LogP contribution in [-0.2, 0) is 16.6 Å². The molecule has 1 N–H and O–H groups in total. The van der Waals surface area contributed by atoms with Gasteiger partial charge < -0.3 is 9.47 Å². The SMILES string of the molecule is CN(C)CCn1ccc2ccc(NS(=O)(=O)c3cc(Cl)cc(Cl)c3)cc21. The second kappa shape index (κ2) is 7.48. The number of hydrogen-bond donors (Lipinski definition) is 1. The Morgan fingerprint density at radius 2 is 1.73 bits per heavy atom. The molecule has 0 spiro atoms. The summed E-state index contributed by atoms with van der Waals surface area (Å²) in [6.07, 6.45) is 2.00. The van der Waals surface area contributed by atoms with Gasteiger partial charge in [0.05, 0.1) is 16.1 Å². The fourth-order valence-electron chi connectivity index (χ4n) is 2.65. The van der Waals surface area contributed by atoms with Crippen LogP contribution in [0.2, 0.25) is 10.0 Å². The number of anilines is 1. The van der Waals surface area contributed by atoms with Crippen molar-refractivity contribution in [2.24, 2.45) is 0 Å². The standard InChI is InChI=1S/C18H19Cl2N3O2S/c1-22(2)7-8-23-6-5-13-3-4-16(12-18(13)23)21-26(24,25)17-10-14(19)9-15(20)11-17/h3-6,9-12,21H,7-8H2,1-2H3. The van der Waals surface area contributed by atoms with E-state index in [-0.39, 0.29) is 14.9 Å². The van der Waals surface area contributed by atoms with Crippen molar-refractivity contribution < 1.29 is 8.42 Å². The van der Waals surface area contributed by atoms with Crippen LogP contribution in [0.25, 0.3) is 10.9 Å². The van der Waals surface area contributed by atoms with Crippen molar-refractivity contribution >= 4 is 49.8 Å². The number of likely N-dealkylation sites (N-methyl/N-ethyl adjacent to an activating group) is 1. The molecule has 0 aliphatic carbocycles. The third kappa shape index (κ3) is 4.32. The maximum Gasteiger partial charge on any atom is 0.261 e. The number of rotatable bonds is 6. The number of benzene rings is 2. The summed E-state index contributed by atoms with van der Waals surface area (Å²) in [7, 11) is 0.245. The average molecular weight is 412 g/mol. The average Bonchev–Trinajstić information content (AvgIpc) is 2.94. The van der Waals surface area contributed by atoms with Crippen molar-refractivity contribution in [3.63, 3.8) is 0 Å².